The van der Waals surface area contributed by atoms with E-state index in [1.807, 2.05) is 43.3 Å². The topological polar surface area (TPSA) is 27.6 Å². The van der Waals surface area contributed by atoms with Crippen LogP contribution in [0.3, 0.4) is 0 Å². The summed E-state index contributed by atoms with van der Waals surface area (Å²) in [5, 5.41) is 3.96. The molecule has 0 atom stereocenters. The van der Waals surface area contributed by atoms with Crippen LogP contribution in [0, 0.1) is 0 Å². The average molecular weight is 368 g/mol. The van der Waals surface area contributed by atoms with E-state index < -0.39 is 0 Å². The number of halogens is 2. The molecule has 0 bridgehead atoms. The molecular formula is C12H19ClIN3. The van der Waals surface area contributed by atoms with Crippen LogP contribution in [0.1, 0.15) is 12.5 Å². The number of hydrogen-bond donors (Lipinski definition) is 1. The maximum absolute atomic E-state index is 5.91. The lowest BCUT2D eigenvalue weighted by Gasteiger charge is -2.16. The van der Waals surface area contributed by atoms with Crippen LogP contribution in [0.4, 0.5) is 0 Å². The number of aliphatic imine (C=N–C) groups is 1. The highest BCUT2D eigenvalue weighted by Crippen LogP contribution is 2.11. The molecule has 0 fully saturated rings. The van der Waals surface area contributed by atoms with E-state index in [9.17, 15) is 0 Å². The second kappa shape index (κ2) is 8.58. The summed E-state index contributed by atoms with van der Waals surface area (Å²) in [5.74, 6) is 0.891. The molecule has 0 heterocycles. The van der Waals surface area contributed by atoms with Crippen molar-refractivity contribution in [2.75, 3.05) is 20.6 Å². The molecule has 1 rings (SSSR count). The first kappa shape index (κ1) is 16.5. The van der Waals surface area contributed by atoms with Crippen molar-refractivity contribution in [2.24, 2.45) is 4.99 Å². The third kappa shape index (κ3) is 6.12. The number of rotatable bonds is 3. The summed E-state index contributed by atoms with van der Waals surface area (Å²) in [6.07, 6.45) is 0. The molecule has 0 spiro atoms. The van der Waals surface area contributed by atoms with E-state index in [2.05, 4.69) is 17.2 Å². The fourth-order valence-electron chi connectivity index (χ4n) is 1.32. The predicted molar refractivity (Wildman–Crippen MR) is 85.4 cm³/mol. The summed E-state index contributed by atoms with van der Waals surface area (Å²) >= 11 is 5.91. The summed E-state index contributed by atoms with van der Waals surface area (Å²) in [4.78, 5) is 6.46. The molecule has 0 saturated carbocycles. The Labute approximate surface area is 125 Å². The molecule has 1 aromatic rings. The lowest BCUT2D eigenvalue weighted by atomic mass is 10.2. The molecule has 0 aliphatic rings. The van der Waals surface area contributed by atoms with Crippen LogP contribution >= 0.6 is 35.6 Å². The van der Waals surface area contributed by atoms with Crippen molar-refractivity contribution in [3.63, 3.8) is 0 Å². The highest BCUT2D eigenvalue weighted by molar-refractivity contribution is 14.0. The molecule has 0 radical (unpaired) electrons. The van der Waals surface area contributed by atoms with Gasteiger partial charge >= 0.3 is 0 Å². The first-order valence-corrected chi connectivity index (χ1v) is 5.71. The van der Waals surface area contributed by atoms with Gasteiger partial charge in [-0.25, -0.2) is 4.99 Å². The number of benzene rings is 1. The zero-order valence-corrected chi connectivity index (χ0v) is 13.5. The number of nitrogens with zero attached hydrogens (tertiary/aromatic N) is 2. The van der Waals surface area contributed by atoms with E-state index in [0.717, 1.165) is 23.1 Å². The maximum atomic E-state index is 5.91. The summed E-state index contributed by atoms with van der Waals surface area (Å²) in [6, 6.07) is 7.76. The Hall–Kier alpha value is -0.490. The van der Waals surface area contributed by atoms with Crippen LogP contribution in [-0.2, 0) is 6.54 Å². The van der Waals surface area contributed by atoms with Gasteiger partial charge in [0.1, 0.15) is 0 Å². The van der Waals surface area contributed by atoms with Crippen LogP contribution in [-0.4, -0.2) is 31.5 Å². The Kier molecular flexibility index (Phi) is 8.33. The summed E-state index contributed by atoms with van der Waals surface area (Å²) < 4.78 is 0. The van der Waals surface area contributed by atoms with Crippen molar-refractivity contribution < 1.29 is 0 Å². The molecule has 3 nitrogen and oxygen atoms in total. The fraction of sp³-hybridized carbons (Fsp3) is 0.417. The molecule has 0 saturated heterocycles. The van der Waals surface area contributed by atoms with E-state index in [-0.39, 0.29) is 24.0 Å². The van der Waals surface area contributed by atoms with Crippen LogP contribution in [0.25, 0.3) is 0 Å². The highest BCUT2D eigenvalue weighted by Gasteiger charge is 1.99. The molecule has 0 unspecified atom stereocenters. The second-order valence-electron chi connectivity index (χ2n) is 3.69. The summed E-state index contributed by atoms with van der Waals surface area (Å²) in [7, 11) is 3.94. The Bertz CT molecular complexity index is 367. The SMILES string of the molecule is CCNC(=NCc1cccc(Cl)c1)N(C)C.I. The molecular weight excluding hydrogens is 349 g/mol. The van der Waals surface area contributed by atoms with E-state index >= 15 is 0 Å². The molecule has 17 heavy (non-hydrogen) atoms. The van der Waals surface area contributed by atoms with E-state index in [0.29, 0.717) is 6.54 Å². The molecule has 1 aromatic carbocycles. The van der Waals surface area contributed by atoms with Gasteiger partial charge < -0.3 is 10.2 Å². The lowest BCUT2D eigenvalue weighted by Crippen LogP contribution is -2.36. The van der Waals surface area contributed by atoms with Crippen LogP contribution < -0.4 is 5.32 Å². The molecule has 1 N–H and O–H groups in total. The first-order valence-electron chi connectivity index (χ1n) is 5.33. The van der Waals surface area contributed by atoms with Gasteiger partial charge in [-0.3, -0.25) is 0 Å². The Morgan fingerprint density at radius 3 is 2.65 bits per heavy atom. The van der Waals surface area contributed by atoms with Gasteiger partial charge in [0.25, 0.3) is 0 Å². The maximum Gasteiger partial charge on any atom is 0.193 e. The van der Waals surface area contributed by atoms with Crippen molar-refractivity contribution >= 4 is 41.5 Å². The van der Waals surface area contributed by atoms with Crippen molar-refractivity contribution in [1.29, 1.82) is 0 Å². The van der Waals surface area contributed by atoms with Gasteiger partial charge in [0.15, 0.2) is 5.96 Å². The van der Waals surface area contributed by atoms with E-state index in [4.69, 9.17) is 11.6 Å². The molecule has 0 aromatic heterocycles. The number of hydrogen-bond acceptors (Lipinski definition) is 1. The van der Waals surface area contributed by atoms with Crippen LogP contribution in [0.15, 0.2) is 29.3 Å². The Morgan fingerprint density at radius 1 is 1.41 bits per heavy atom. The van der Waals surface area contributed by atoms with Gasteiger partial charge in [-0.15, -0.1) is 24.0 Å². The van der Waals surface area contributed by atoms with Gasteiger partial charge in [0.2, 0.25) is 0 Å². The van der Waals surface area contributed by atoms with Crippen molar-refractivity contribution in [3.05, 3.63) is 34.9 Å². The minimum absolute atomic E-state index is 0. The quantitative estimate of drug-likeness (QED) is 0.505. The molecule has 0 aliphatic carbocycles. The third-order valence-electron chi connectivity index (χ3n) is 2.06. The van der Waals surface area contributed by atoms with Crippen molar-refractivity contribution in [3.8, 4) is 0 Å². The minimum atomic E-state index is 0. The van der Waals surface area contributed by atoms with Gasteiger partial charge in [-0.2, -0.15) is 0 Å². The third-order valence-corrected chi connectivity index (χ3v) is 2.29. The zero-order valence-electron chi connectivity index (χ0n) is 10.4. The fourth-order valence-corrected chi connectivity index (χ4v) is 1.53. The van der Waals surface area contributed by atoms with Gasteiger partial charge in [-0.1, -0.05) is 23.7 Å². The highest BCUT2D eigenvalue weighted by atomic mass is 127. The molecule has 0 amide bonds. The smallest absolute Gasteiger partial charge is 0.193 e. The van der Waals surface area contributed by atoms with Crippen molar-refractivity contribution in [2.45, 2.75) is 13.5 Å². The van der Waals surface area contributed by atoms with Crippen LogP contribution in [0.5, 0.6) is 0 Å². The van der Waals surface area contributed by atoms with Gasteiger partial charge in [0.05, 0.1) is 6.54 Å². The van der Waals surface area contributed by atoms with Crippen LogP contribution in [0.2, 0.25) is 5.02 Å². The summed E-state index contributed by atoms with van der Waals surface area (Å²) in [6.45, 7) is 3.56. The zero-order chi connectivity index (χ0) is 12.0. The van der Waals surface area contributed by atoms with Gasteiger partial charge in [0, 0.05) is 25.7 Å². The monoisotopic (exact) mass is 367 g/mol. The van der Waals surface area contributed by atoms with E-state index in [1.165, 1.54) is 0 Å². The second-order valence-corrected chi connectivity index (χ2v) is 4.13. The van der Waals surface area contributed by atoms with Gasteiger partial charge in [-0.05, 0) is 24.6 Å². The molecule has 96 valence electrons. The first-order chi connectivity index (χ1) is 7.63. The summed E-state index contributed by atoms with van der Waals surface area (Å²) in [5.41, 5.74) is 1.12. The van der Waals surface area contributed by atoms with Crippen molar-refractivity contribution in [1.82, 2.24) is 10.2 Å². The number of nitrogens with one attached hydrogen (secondary N) is 1. The Balaban J connectivity index is 0.00000256. The largest absolute Gasteiger partial charge is 0.357 e. The predicted octanol–water partition coefficient (Wildman–Crippen LogP) is 2.99. The molecule has 5 heteroatoms. The normalized spacial score (nSPS) is 10.7. The number of guanidine groups is 1. The minimum Gasteiger partial charge on any atom is -0.357 e. The lowest BCUT2D eigenvalue weighted by molar-refractivity contribution is 0.583. The Morgan fingerprint density at radius 2 is 2.12 bits per heavy atom. The molecule has 0 aliphatic heterocycles. The average Bonchev–Trinajstić information content (AvgIpc) is 2.24. The standard InChI is InChI=1S/C12H18ClN3.HI/c1-4-14-12(16(2)3)15-9-10-6-5-7-11(13)8-10;/h5-8H,4,9H2,1-3H3,(H,14,15);1H. The van der Waals surface area contributed by atoms with E-state index in [1.54, 1.807) is 0 Å².